The first-order valence-corrected chi connectivity index (χ1v) is 10.4. The second kappa shape index (κ2) is 7.08. The van der Waals surface area contributed by atoms with Crippen molar-refractivity contribution in [3.8, 4) is 0 Å². The molecule has 1 aromatic carbocycles. The van der Waals surface area contributed by atoms with Gasteiger partial charge in [-0.3, -0.25) is 4.79 Å². The van der Waals surface area contributed by atoms with Crippen LogP contribution in [0.4, 0.5) is 0 Å². The maximum Gasteiger partial charge on any atom is 0.227 e. The van der Waals surface area contributed by atoms with Crippen LogP contribution in [0.15, 0.2) is 30.3 Å². The van der Waals surface area contributed by atoms with Gasteiger partial charge in [-0.1, -0.05) is 24.6 Å². The summed E-state index contributed by atoms with van der Waals surface area (Å²) in [5.74, 6) is 1.05. The van der Waals surface area contributed by atoms with E-state index in [0.717, 1.165) is 12.3 Å². The van der Waals surface area contributed by atoms with Crippen molar-refractivity contribution in [3.05, 3.63) is 35.2 Å². The van der Waals surface area contributed by atoms with E-state index in [4.69, 9.17) is 0 Å². The highest BCUT2D eigenvalue weighted by molar-refractivity contribution is 7.19. The number of likely N-dealkylation sites (N-methyl/N-ethyl adjacent to an activating group) is 2. The lowest BCUT2D eigenvalue weighted by molar-refractivity contribution is -0.134. The SMILES string of the molecule is CN1CCCC2CCCC(N(C)C(=O)Cc3cc4ccccc4s3)C21. The molecule has 4 heteroatoms. The van der Waals surface area contributed by atoms with Crippen LogP contribution in [0.1, 0.15) is 37.0 Å². The summed E-state index contributed by atoms with van der Waals surface area (Å²) in [5.41, 5.74) is 0. The van der Waals surface area contributed by atoms with Crippen LogP contribution in [-0.4, -0.2) is 48.4 Å². The molecule has 1 amide bonds. The lowest BCUT2D eigenvalue weighted by Crippen LogP contribution is -2.58. The smallest absolute Gasteiger partial charge is 0.227 e. The third kappa shape index (κ3) is 3.34. The Kier molecular flexibility index (Phi) is 4.83. The Morgan fingerprint density at radius 1 is 1.24 bits per heavy atom. The van der Waals surface area contributed by atoms with Crippen molar-refractivity contribution < 1.29 is 4.79 Å². The van der Waals surface area contributed by atoms with E-state index < -0.39 is 0 Å². The Labute approximate surface area is 154 Å². The summed E-state index contributed by atoms with van der Waals surface area (Å²) in [7, 11) is 4.28. The van der Waals surface area contributed by atoms with Gasteiger partial charge >= 0.3 is 0 Å². The fourth-order valence-corrected chi connectivity index (χ4v) is 6.03. The predicted molar refractivity (Wildman–Crippen MR) is 105 cm³/mol. The molecule has 2 fully saturated rings. The summed E-state index contributed by atoms with van der Waals surface area (Å²) in [6.07, 6.45) is 6.94. The number of carbonyl (C=O) groups is 1. The van der Waals surface area contributed by atoms with Gasteiger partial charge in [0.1, 0.15) is 0 Å². The molecular weight excluding hydrogens is 328 g/mol. The van der Waals surface area contributed by atoms with E-state index in [2.05, 4.69) is 47.2 Å². The van der Waals surface area contributed by atoms with Crippen molar-refractivity contribution in [2.75, 3.05) is 20.6 Å². The Bertz CT molecular complexity index is 720. The molecular formula is C21H28N2OS. The first-order chi connectivity index (χ1) is 12.1. The predicted octanol–water partition coefficient (Wildman–Crippen LogP) is 4.17. The number of amides is 1. The Balaban J connectivity index is 1.49. The summed E-state index contributed by atoms with van der Waals surface area (Å²) in [6, 6.07) is 11.5. The van der Waals surface area contributed by atoms with Gasteiger partial charge in [-0.2, -0.15) is 0 Å². The molecule has 25 heavy (non-hydrogen) atoms. The molecule has 1 saturated heterocycles. The average Bonchev–Trinajstić information content (AvgIpc) is 3.03. The quantitative estimate of drug-likeness (QED) is 0.824. The molecule has 3 unspecified atom stereocenters. The second-order valence-electron chi connectivity index (χ2n) is 7.80. The Morgan fingerprint density at radius 2 is 2.04 bits per heavy atom. The number of nitrogens with zero attached hydrogens (tertiary/aromatic N) is 2. The number of fused-ring (bicyclic) bond motifs is 2. The van der Waals surface area contributed by atoms with Gasteiger partial charge in [0.05, 0.1) is 6.42 Å². The highest BCUT2D eigenvalue weighted by Gasteiger charge is 2.40. The average molecular weight is 357 g/mol. The molecule has 2 aliphatic rings. The van der Waals surface area contributed by atoms with Crippen LogP contribution in [0.25, 0.3) is 10.1 Å². The standard InChI is InChI=1S/C21H28N2OS/c1-22-12-6-9-15-8-5-10-18(21(15)22)23(2)20(24)14-17-13-16-7-3-4-11-19(16)25-17/h3-4,7,11,13,15,18,21H,5-6,8-10,12,14H2,1-2H3. The minimum atomic E-state index is 0.274. The molecule has 2 heterocycles. The molecule has 0 N–H and O–H groups in total. The molecule has 0 spiro atoms. The topological polar surface area (TPSA) is 23.6 Å². The molecule has 0 bridgehead atoms. The van der Waals surface area contributed by atoms with Gasteiger partial charge in [0.25, 0.3) is 0 Å². The van der Waals surface area contributed by atoms with Gasteiger partial charge in [0, 0.05) is 28.7 Å². The number of carbonyl (C=O) groups excluding carboxylic acids is 1. The number of rotatable bonds is 3. The van der Waals surface area contributed by atoms with E-state index >= 15 is 0 Å². The third-order valence-corrected chi connectivity index (χ3v) is 7.36. The van der Waals surface area contributed by atoms with Crippen LogP contribution >= 0.6 is 11.3 Å². The van der Waals surface area contributed by atoms with Gasteiger partial charge < -0.3 is 9.80 Å². The van der Waals surface area contributed by atoms with Crippen LogP contribution in [0.2, 0.25) is 0 Å². The summed E-state index contributed by atoms with van der Waals surface area (Å²) in [4.78, 5) is 18.8. The van der Waals surface area contributed by atoms with Crippen molar-refractivity contribution in [2.24, 2.45) is 5.92 Å². The Morgan fingerprint density at radius 3 is 2.88 bits per heavy atom. The maximum atomic E-state index is 13.0. The summed E-state index contributed by atoms with van der Waals surface area (Å²) in [6.45, 7) is 1.18. The van der Waals surface area contributed by atoms with E-state index in [1.54, 1.807) is 11.3 Å². The number of thiophene rings is 1. The molecule has 1 saturated carbocycles. The van der Waals surface area contributed by atoms with Crippen LogP contribution in [0.3, 0.4) is 0 Å². The van der Waals surface area contributed by atoms with Gasteiger partial charge in [0.15, 0.2) is 0 Å². The number of benzene rings is 1. The third-order valence-electron chi connectivity index (χ3n) is 6.24. The second-order valence-corrected chi connectivity index (χ2v) is 8.97. The fourth-order valence-electron chi connectivity index (χ4n) is 4.97. The lowest BCUT2D eigenvalue weighted by Gasteiger charge is -2.49. The summed E-state index contributed by atoms with van der Waals surface area (Å²) >= 11 is 1.76. The zero-order valence-corrected chi connectivity index (χ0v) is 16.1. The molecule has 134 valence electrons. The summed E-state index contributed by atoms with van der Waals surface area (Å²) < 4.78 is 1.28. The summed E-state index contributed by atoms with van der Waals surface area (Å²) in [5, 5.41) is 1.25. The van der Waals surface area contributed by atoms with Crippen LogP contribution in [-0.2, 0) is 11.2 Å². The van der Waals surface area contributed by atoms with Crippen molar-refractivity contribution in [1.82, 2.24) is 9.80 Å². The molecule has 3 nitrogen and oxygen atoms in total. The molecule has 1 aromatic heterocycles. The van der Waals surface area contributed by atoms with E-state index in [9.17, 15) is 4.79 Å². The molecule has 3 atom stereocenters. The van der Waals surface area contributed by atoms with E-state index in [-0.39, 0.29) is 5.91 Å². The van der Waals surface area contributed by atoms with Crippen molar-refractivity contribution >= 4 is 27.3 Å². The van der Waals surface area contributed by atoms with Crippen LogP contribution in [0, 0.1) is 5.92 Å². The van der Waals surface area contributed by atoms with Gasteiger partial charge in [-0.15, -0.1) is 11.3 Å². The fraction of sp³-hybridized carbons (Fsp3) is 0.571. The van der Waals surface area contributed by atoms with Gasteiger partial charge in [-0.05, 0) is 62.7 Å². The molecule has 1 aliphatic carbocycles. The number of hydrogen-bond donors (Lipinski definition) is 0. The monoisotopic (exact) mass is 356 g/mol. The molecule has 0 radical (unpaired) electrons. The minimum absolute atomic E-state index is 0.274. The highest BCUT2D eigenvalue weighted by Crippen LogP contribution is 2.37. The normalized spacial score (nSPS) is 27.2. The first-order valence-electron chi connectivity index (χ1n) is 9.57. The molecule has 1 aliphatic heterocycles. The van der Waals surface area contributed by atoms with Crippen molar-refractivity contribution in [1.29, 1.82) is 0 Å². The molecule has 4 rings (SSSR count). The van der Waals surface area contributed by atoms with E-state index in [1.165, 1.54) is 47.2 Å². The van der Waals surface area contributed by atoms with Crippen LogP contribution in [0.5, 0.6) is 0 Å². The van der Waals surface area contributed by atoms with Gasteiger partial charge in [0.2, 0.25) is 5.91 Å². The lowest BCUT2D eigenvalue weighted by atomic mass is 9.75. The highest BCUT2D eigenvalue weighted by atomic mass is 32.1. The zero-order valence-electron chi connectivity index (χ0n) is 15.3. The number of hydrogen-bond acceptors (Lipinski definition) is 3. The minimum Gasteiger partial charge on any atom is -0.341 e. The largest absolute Gasteiger partial charge is 0.341 e. The van der Waals surface area contributed by atoms with Crippen molar-refractivity contribution in [2.45, 2.75) is 50.6 Å². The van der Waals surface area contributed by atoms with E-state index in [1.807, 2.05) is 7.05 Å². The number of piperidine rings is 1. The first kappa shape index (κ1) is 17.0. The zero-order chi connectivity index (χ0) is 17.4. The maximum absolute atomic E-state index is 13.0. The van der Waals surface area contributed by atoms with Crippen molar-refractivity contribution in [3.63, 3.8) is 0 Å². The van der Waals surface area contributed by atoms with Gasteiger partial charge in [-0.25, -0.2) is 0 Å². The molecule has 2 aromatic rings. The number of likely N-dealkylation sites (tertiary alicyclic amines) is 1. The Hall–Kier alpha value is -1.39. The van der Waals surface area contributed by atoms with E-state index in [0.29, 0.717) is 18.5 Å². The van der Waals surface area contributed by atoms with Crippen LogP contribution < -0.4 is 0 Å².